The number of carbonyl (C=O) groups excluding carboxylic acids is 1. The van der Waals surface area contributed by atoms with Crippen LogP contribution in [0.4, 0.5) is 5.69 Å². The van der Waals surface area contributed by atoms with Crippen molar-refractivity contribution in [1.29, 1.82) is 5.26 Å². The standard InChI is InChI=1S/C17H16ClN3O/c18-15-5-1-3-13(9-15)7-8-20-12-17(22)21-16-6-2-4-14(10-16)11-19/h1-6,9-10,20H,7-8,12H2,(H,21,22). The molecule has 0 heterocycles. The monoisotopic (exact) mass is 313 g/mol. The number of hydrogen-bond donors (Lipinski definition) is 2. The van der Waals surface area contributed by atoms with Crippen LogP contribution in [0.25, 0.3) is 0 Å². The molecule has 0 fully saturated rings. The van der Waals surface area contributed by atoms with Gasteiger partial charge in [0.1, 0.15) is 0 Å². The lowest BCUT2D eigenvalue weighted by atomic mass is 10.1. The molecule has 0 bridgehead atoms. The van der Waals surface area contributed by atoms with E-state index in [0.717, 1.165) is 12.0 Å². The molecule has 112 valence electrons. The number of carbonyl (C=O) groups is 1. The van der Waals surface area contributed by atoms with Crippen molar-refractivity contribution in [3.63, 3.8) is 0 Å². The zero-order valence-electron chi connectivity index (χ0n) is 12.0. The maximum atomic E-state index is 11.8. The molecule has 0 radical (unpaired) electrons. The molecule has 0 aliphatic carbocycles. The van der Waals surface area contributed by atoms with Gasteiger partial charge in [-0.3, -0.25) is 4.79 Å². The molecule has 2 aromatic carbocycles. The Balaban J connectivity index is 1.73. The zero-order valence-corrected chi connectivity index (χ0v) is 12.7. The average molecular weight is 314 g/mol. The minimum Gasteiger partial charge on any atom is -0.325 e. The number of hydrogen-bond acceptors (Lipinski definition) is 3. The van der Waals surface area contributed by atoms with Gasteiger partial charge in [0.25, 0.3) is 0 Å². The molecule has 5 heteroatoms. The van der Waals surface area contributed by atoms with E-state index >= 15 is 0 Å². The van der Waals surface area contributed by atoms with Gasteiger partial charge in [0.15, 0.2) is 0 Å². The molecule has 0 aromatic heterocycles. The molecule has 4 nitrogen and oxygen atoms in total. The lowest BCUT2D eigenvalue weighted by molar-refractivity contribution is -0.115. The SMILES string of the molecule is N#Cc1cccc(NC(=O)CNCCc2cccc(Cl)c2)c1. The predicted octanol–water partition coefficient (Wildman–Crippen LogP) is 2.98. The highest BCUT2D eigenvalue weighted by molar-refractivity contribution is 6.30. The van der Waals surface area contributed by atoms with E-state index in [4.69, 9.17) is 16.9 Å². The van der Waals surface area contributed by atoms with Gasteiger partial charge < -0.3 is 10.6 Å². The second-order valence-electron chi connectivity index (χ2n) is 4.80. The molecule has 2 aromatic rings. The Bertz CT molecular complexity index is 694. The summed E-state index contributed by atoms with van der Waals surface area (Å²) in [6.45, 7) is 0.906. The Morgan fingerprint density at radius 3 is 2.77 bits per heavy atom. The van der Waals surface area contributed by atoms with Crippen molar-refractivity contribution in [3.8, 4) is 6.07 Å². The summed E-state index contributed by atoms with van der Waals surface area (Å²) >= 11 is 5.92. The fraction of sp³-hybridized carbons (Fsp3) is 0.176. The maximum absolute atomic E-state index is 11.8. The van der Waals surface area contributed by atoms with Gasteiger partial charge in [-0.25, -0.2) is 0 Å². The third kappa shape index (κ3) is 5.21. The van der Waals surface area contributed by atoms with Gasteiger partial charge in [-0.05, 0) is 48.9 Å². The van der Waals surface area contributed by atoms with Crippen molar-refractivity contribution in [2.45, 2.75) is 6.42 Å². The first-order valence-corrected chi connectivity index (χ1v) is 7.30. The quantitative estimate of drug-likeness (QED) is 0.806. The number of halogens is 1. The molecular weight excluding hydrogens is 298 g/mol. The summed E-state index contributed by atoms with van der Waals surface area (Å²) in [7, 11) is 0. The number of rotatable bonds is 6. The molecule has 0 unspecified atom stereocenters. The predicted molar refractivity (Wildman–Crippen MR) is 87.8 cm³/mol. The average Bonchev–Trinajstić information content (AvgIpc) is 2.52. The number of nitrogens with zero attached hydrogens (tertiary/aromatic N) is 1. The highest BCUT2D eigenvalue weighted by atomic mass is 35.5. The zero-order chi connectivity index (χ0) is 15.8. The van der Waals surface area contributed by atoms with E-state index in [1.54, 1.807) is 24.3 Å². The summed E-state index contributed by atoms with van der Waals surface area (Å²) in [6.07, 6.45) is 0.803. The van der Waals surface area contributed by atoms with Crippen LogP contribution in [-0.4, -0.2) is 19.0 Å². The van der Waals surface area contributed by atoms with Gasteiger partial charge >= 0.3 is 0 Å². The van der Waals surface area contributed by atoms with E-state index in [1.807, 2.05) is 30.3 Å². The van der Waals surface area contributed by atoms with Crippen molar-refractivity contribution in [3.05, 3.63) is 64.7 Å². The van der Waals surface area contributed by atoms with Gasteiger partial charge in [-0.15, -0.1) is 0 Å². The third-order valence-electron chi connectivity index (χ3n) is 3.04. The molecule has 2 N–H and O–H groups in total. The van der Waals surface area contributed by atoms with Crippen molar-refractivity contribution in [1.82, 2.24) is 5.32 Å². The first kappa shape index (κ1) is 16.0. The minimum atomic E-state index is -0.138. The smallest absolute Gasteiger partial charge is 0.238 e. The van der Waals surface area contributed by atoms with Gasteiger partial charge in [-0.1, -0.05) is 29.8 Å². The van der Waals surface area contributed by atoms with Crippen LogP contribution in [0.1, 0.15) is 11.1 Å². The summed E-state index contributed by atoms with van der Waals surface area (Å²) < 4.78 is 0. The summed E-state index contributed by atoms with van der Waals surface area (Å²) in [5.41, 5.74) is 2.27. The molecule has 0 aliphatic rings. The van der Waals surface area contributed by atoms with Crippen LogP contribution in [-0.2, 0) is 11.2 Å². The van der Waals surface area contributed by atoms with Crippen LogP contribution >= 0.6 is 11.6 Å². The fourth-order valence-electron chi connectivity index (χ4n) is 2.00. The molecule has 1 amide bonds. The number of nitriles is 1. The molecule has 0 saturated carbocycles. The Labute approximate surface area is 134 Å². The van der Waals surface area contributed by atoms with Crippen LogP contribution < -0.4 is 10.6 Å². The largest absolute Gasteiger partial charge is 0.325 e. The van der Waals surface area contributed by atoms with Crippen molar-refractivity contribution in [2.24, 2.45) is 0 Å². The van der Waals surface area contributed by atoms with Crippen molar-refractivity contribution >= 4 is 23.2 Å². The van der Waals surface area contributed by atoms with E-state index in [9.17, 15) is 4.79 Å². The summed E-state index contributed by atoms with van der Waals surface area (Å²) in [4.78, 5) is 11.8. The number of benzene rings is 2. The Morgan fingerprint density at radius 2 is 2.00 bits per heavy atom. The highest BCUT2D eigenvalue weighted by Crippen LogP contribution is 2.11. The molecule has 0 aliphatic heterocycles. The van der Waals surface area contributed by atoms with E-state index in [2.05, 4.69) is 10.6 Å². The van der Waals surface area contributed by atoms with Crippen LogP contribution in [0.5, 0.6) is 0 Å². The molecule has 0 saturated heterocycles. The van der Waals surface area contributed by atoms with Gasteiger partial charge in [0, 0.05) is 10.7 Å². The number of anilines is 1. The van der Waals surface area contributed by atoms with Gasteiger partial charge in [-0.2, -0.15) is 5.26 Å². The topological polar surface area (TPSA) is 64.9 Å². The molecule has 2 rings (SSSR count). The Kier molecular flexibility index (Phi) is 5.96. The number of nitrogens with one attached hydrogen (secondary N) is 2. The third-order valence-corrected chi connectivity index (χ3v) is 3.28. The summed E-state index contributed by atoms with van der Waals surface area (Å²) in [6, 6.07) is 16.5. The van der Waals surface area contributed by atoms with Gasteiger partial charge in [0.2, 0.25) is 5.91 Å². The summed E-state index contributed by atoms with van der Waals surface area (Å²) in [5, 5.41) is 15.4. The van der Waals surface area contributed by atoms with E-state index < -0.39 is 0 Å². The highest BCUT2D eigenvalue weighted by Gasteiger charge is 2.02. The molecule has 0 atom stereocenters. The van der Waals surface area contributed by atoms with Crippen LogP contribution in [0.2, 0.25) is 5.02 Å². The lowest BCUT2D eigenvalue weighted by Crippen LogP contribution is -2.29. The maximum Gasteiger partial charge on any atom is 0.238 e. The second-order valence-corrected chi connectivity index (χ2v) is 5.23. The first-order chi connectivity index (χ1) is 10.7. The molecular formula is C17H16ClN3O. The van der Waals surface area contributed by atoms with Crippen LogP contribution in [0.15, 0.2) is 48.5 Å². The normalized spacial score (nSPS) is 10.0. The van der Waals surface area contributed by atoms with Crippen molar-refractivity contribution < 1.29 is 4.79 Å². The minimum absolute atomic E-state index is 0.138. The fourth-order valence-corrected chi connectivity index (χ4v) is 2.21. The van der Waals surface area contributed by atoms with Gasteiger partial charge in [0.05, 0.1) is 18.2 Å². The second kappa shape index (κ2) is 8.18. The summed E-state index contributed by atoms with van der Waals surface area (Å²) in [5.74, 6) is -0.138. The van der Waals surface area contributed by atoms with Crippen LogP contribution in [0, 0.1) is 11.3 Å². The molecule has 0 spiro atoms. The lowest BCUT2D eigenvalue weighted by Gasteiger charge is -2.07. The Hall–Kier alpha value is -2.35. The first-order valence-electron chi connectivity index (χ1n) is 6.92. The van der Waals surface area contributed by atoms with E-state index in [1.165, 1.54) is 0 Å². The van der Waals surface area contributed by atoms with E-state index in [-0.39, 0.29) is 12.5 Å². The van der Waals surface area contributed by atoms with Crippen LogP contribution in [0.3, 0.4) is 0 Å². The molecule has 22 heavy (non-hydrogen) atoms. The van der Waals surface area contributed by atoms with Crippen molar-refractivity contribution in [2.75, 3.05) is 18.4 Å². The Morgan fingerprint density at radius 1 is 1.18 bits per heavy atom. The number of amides is 1. The van der Waals surface area contributed by atoms with E-state index in [0.29, 0.717) is 22.8 Å².